The monoisotopic (exact) mass is 307 g/mol. The highest BCUT2D eigenvalue weighted by Crippen LogP contribution is 2.36. The Kier molecular flexibility index (Phi) is 2.45. The minimum absolute atomic E-state index is 0.687. The predicted molar refractivity (Wildman–Crippen MR) is 75.4 cm³/mol. The van der Waals surface area contributed by atoms with Gasteiger partial charge in [-0.15, -0.1) is 11.3 Å². The lowest BCUT2D eigenvalue weighted by molar-refractivity contribution is 1.17. The van der Waals surface area contributed by atoms with Crippen molar-refractivity contribution in [3.63, 3.8) is 0 Å². The summed E-state index contributed by atoms with van der Waals surface area (Å²) in [5.41, 5.74) is 9.04. The van der Waals surface area contributed by atoms with E-state index in [9.17, 15) is 0 Å². The molecule has 2 N–H and O–H groups in total. The van der Waals surface area contributed by atoms with E-state index >= 15 is 0 Å². The van der Waals surface area contributed by atoms with Crippen LogP contribution in [0.3, 0.4) is 0 Å². The third-order valence-electron chi connectivity index (χ3n) is 2.71. The molecular formula is C12H10BrN3S. The zero-order valence-corrected chi connectivity index (χ0v) is 11.5. The van der Waals surface area contributed by atoms with Crippen molar-refractivity contribution in [2.45, 2.75) is 6.92 Å². The van der Waals surface area contributed by atoms with E-state index in [0.29, 0.717) is 5.82 Å². The molecule has 17 heavy (non-hydrogen) atoms. The first-order valence-electron chi connectivity index (χ1n) is 5.15. The summed E-state index contributed by atoms with van der Waals surface area (Å²) in [7, 11) is 0. The van der Waals surface area contributed by atoms with Gasteiger partial charge >= 0.3 is 0 Å². The van der Waals surface area contributed by atoms with Crippen molar-refractivity contribution in [1.82, 2.24) is 9.38 Å². The van der Waals surface area contributed by atoms with Crippen molar-refractivity contribution in [1.29, 1.82) is 0 Å². The summed E-state index contributed by atoms with van der Waals surface area (Å²) in [6.07, 6.45) is 1.94. The molecule has 0 fully saturated rings. The maximum absolute atomic E-state index is 6.15. The Morgan fingerprint density at radius 2 is 2.24 bits per heavy atom. The lowest BCUT2D eigenvalue weighted by Gasteiger charge is -1.98. The molecule has 0 atom stereocenters. The number of halogens is 1. The van der Waals surface area contributed by atoms with E-state index in [0.717, 1.165) is 26.3 Å². The van der Waals surface area contributed by atoms with Gasteiger partial charge in [-0.2, -0.15) is 0 Å². The summed E-state index contributed by atoms with van der Waals surface area (Å²) in [4.78, 5) is 5.71. The Morgan fingerprint density at radius 1 is 1.41 bits per heavy atom. The number of pyridine rings is 1. The summed E-state index contributed by atoms with van der Waals surface area (Å²) in [5, 5.41) is 2.02. The van der Waals surface area contributed by atoms with Crippen LogP contribution in [0.15, 0.2) is 34.2 Å². The topological polar surface area (TPSA) is 43.3 Å². The Hall–Kier alpha value is -1.33. The summed E-state index contributed by atoms with van der Waals surface area (Å²) in [6, 6.07) is 6.03. The lowest BCUT2D eigenvalue weighted by atomic mass is 10.3. The van der Waals surface area contributed by atoms with Gasteiger partial charge in [-0.05, 0) is 45.9 Å². The maximum atomic E-state index is 6.15. The van der Waals surface area contributed by atoms with E-state index < -0.39 is 0 Å². The van der Waals surface area contributed by atoms with Crippen molar-refractivity contribution in [2.75, 3.05) is 5.73 Å². The SMILES string of the molecule is Cc1cccn2c(N)c(-c3sccc3Br)nc12. The van der Waals surface area contributed by atoms with Crippen LogP contribution in [0.5, 0.6) is 0 Å². The van der Waals surface area contributed by atoms with Crippen LogP contribution < -0.4 is 5.73 Å². The Bertz CT molecular complexity index is 699. The second-order valence-electron chi connectivity index (χ2n) is 3.83. The molecule has 3 aromatic heterocycles. The van der Waals surface area contributed by atoms with Crippen LogP contribution in [0.2, 0.25) is 0 Å². The fourth-order valence-electron chi connectivity index (χ4n) is 1.85. The highest BCUT2D eigenvalue weighted by molar-refractivity contribution is 9.10. The van der Waals surface area contributed by atoms with Crippen LogP contribution in [0.1, 0.15) is 5.56 Å². The maximum Gasteiger partial charge on any atom is 0.142 e. The van der Waals surface area contributed by atoms with Gasteiger partial charge in [0.05, 0.1) is 4.88 Å². The van der Waals surface area contributed by atoms with Gasteiger partial charge in [-0.3, -0.25) is 4.40 Å². The third-order valence-corrected chi connectivity index (χ3v) is 4.56. The van der Waals surface area contributed by atoms with Gasteiger partial charge in [0.1, 0.15) is 17.2 Å². The van der Waals surface area contributed by atoms with E-state index in [1.54, 1.807) is 11.3 Å². The fraction of sp³-hybridized carbons (Fsp3) is 0.0833. The number of nitrogens with two attached hydrogens (primary N) is 1. The molecule has 0 aliphatic carbocycles. The molecule has 0 unspecified atom stereocenters. The Balaban J connectivity index is 2.36. The van der Waals surface area contributed by atoms with E-state index in [1.165, 1.54) is 0 Å². The highest BCUT2D eigenvalue weighted by Gasteiger charge is 2.15. The smallest absolute Gasteiger partial charge is 0.142 e. The number of nitrogen functional groups attached to an aromatic ring is 1. The van der Waals surface area contributed by atoms with Crippen LogP contribution in [0, 0.1) is 6.92 Å². The molecule has 86 valence electrons. The van der Waals surface area contributed by atoms with E-state index in [1.807, 2.05) is 41.1 Å². The molecule has 0 saturated carbocycles. The molecule has 0 saturated heterocycles. The van der Waals surface area contributed by atoms with Gasteiger partial charge < -0.3 is 5.73 Å². The standard InChI is InChI=1S/C12H10BrN3S/c1-7-3-2-5-16-11(14)9(15-12(7)16)10-8(13)4-6-17-10/h2-6H,14H2,1H3. The summed E-state index contributed by atoms with van der Waals surface area (Å²) in [5.74, 6) is 0.687. The van der Waals surface area contributed by atoms with Crippen molar-refractivity contribution >= 4 is 38.7 Å². The molecular weight excluding hydrogens is 298 g/mol. The predicted octanol–water partition coefficient (Wildman–Crippen LogP) is 3.72. The average Bonchev–Trinajstić information content (AvgIpc) is 2.85. The fourth-order valence-corrected chi connectivity index (χ4v) is 3.41. The van der Waals surface area contributed by atoms with Gasteiger partial charge in [0, 0.05) is 10.7 Å². The zero-order chi connectivity index (χ0) is 12.0. The number of hydrogen-bond donors (Lipinski definition) is 1. The van der Waals surface area contributed by atoms with Crippen molar-refractivity contribution in [3.05, 3.63) is 39.8 Å². The number of fused-ring (bicyclic) bond motifs is 1. The Morgan fingerprint density at radius 3 is 2.88 bits per heavy atom. The van der Waals surface area contributed by atoms with Crippen molar-refractivity contribution in [3.8, 4) is 10.6 Å². The second-order valence-corrected chi connectivity index (χ2v) is 5.60. The second kappa shape index (κ2) is 3.85. The van der Waals surface area contributed by atoms with E-state index in [2.05, 4.69) is 20.9 Å². The number of hydrogen-bond acceptors (Lipinski definition) is 3. The summed E-state index contributed by atoms with van der Waals surface area (Å²) < 4.78 is 2.96. The normalized spacial score (nSPS) is 11.2. The molecule has 3 nitrogen and oxygen atoms in total. The summed E-state index contributed by atoms with van der Waals surface area (Å²) in [6.45, 7) is 2.04. The number of nitrogens with zero attached hydrogens (tertiary/aromatic N) is 2. The molecule has 3 heterocycles. The van der Waals surface area contributed by atoms with Gasteiger partial charge in [0.2, 0.25) is 0 Å². The molecule has 0 aliphatic heterocycles. The molecule has 0 amide bonds. The number of aryl methyl sites for hydroxylation is 1. The first kappa shape index (κ1) is 10.8. The van der Waals surface area contributed by atoms with Crippen molar-refractivity contribution < 1.29 is 0 Å². The summed E-state index contributed by atoms with van der Waals surface area (Å²) >= 11 is 5.15. The highest BCUT2D eigenvalue weighted by atomic mass is 79.9. The number of imidazole rings is 1. The van der Waals surface area contributed by atoms with Gasteiger partial charge in [-0.1, -0.05) is 6.07 Å². The van der Waals surface area contributed by atoms with Gasteiger partial charge in [0.25, 0.3) is 0 Å². The first-order chi connectivity index (χ1) is 8.18. The average molecular weight is 308 g/mol. The van der Waals surface area contributed by atoms with Crippen LogP contribution >= 0.6 is 27.3 Å². The number of aromatic nitrogens is 2. The molecule has 5 heteroatoms. The van der Waals surface area contributed by atoms with Crippen LogP contribution in [-0.2, 0) is 0 Å². The molecule has 3 rings (SSSR count). The minimum atomic E-state index is 0.687. The minimum Gasteiger partial charge on any atom is -0.383 e. The van der Waals surface area contributed by atoms with Crippen LogP contribution in [0.4, 0.5) is 5.82 Å². The Labute approximate surface area is 111 Å². The number of thiophene rings is 1. The molecule has 0 bridgehead atoms. The van der Waals surface area contributed by atoms with Crippen LogP contribution in [0.25, 0.3) is 16.2 Å². The lowest BCUT2D eigenvalue weighted by Crippen LogP contribution is -1.93. The molecule has 0 aliphatic rings. The molecule has 0 aromatic carbocycles. The van der Waals surface area contributed by atoms with Crippen molar-refractivity contribution in [2.24, 2.45) is 0 Å². The quantitative estimate of drug-likeness (QED) is 0.744. The van der Waals surface area contributed by atoms with Crippen LogP contribution in [-0.4, -0.2) is 9.38 Å². The van der Waals surface area contributed by atoms with Gasteiger partial charge in [-0.25, -0.2) is 4.98 Å². The first-order valence-corrected chi connectivity index (χ1v) is 6.82. The van der Waals surface area contributed by atoms with E-state index in [4.69, 9.17) is 5.73 Å². The van der Waals surface area contributed by atoms with E-state index in [-0.39, 0.29) is 0 Å². The largest absolute Gasteiger partial charge is 0.383 e. The number of rotatable bonds is 1. The molecule has 0 radical (unpaired) electrons. The number of anilines is 1. The molecule has 0 spiro atoms. The third kappa shape index (κ3) is 1.57. The van der Waals surface area contributed by atoms with Gasteiger partial charge in [0.15, 0.2) is 0 Å². The molecule has 3 aromatic rings. The zero-order valence-electron chi connectivity index (χ0n) is 9.14.